The average Bonchev–Trinajstić information content (AvgIpc) is 3.26. The molecule has 3 saturated carbocycles. The first kappa shape index (κ1) is 27.9. The third kappa shape index (κ3) is 5.13. The zero-order valence-corrected chi connectivity index (χ0v) is 25.0. The molecular weight excluding hydrogens is 466 g/mol. The highest BCUT2D eigenvalue weighted by Gasteiger charge is 2.59. The number of hydrogen-bond donors (Lipinski definition) is 0. The Labute approximate surface area is 232 Å². The standard InChI is InChI=1S/C35H53NO2/c1-7-25(19-23(2)3)20-24(4)30-12-13-31-29-11-10-27-21-28(38-33(37)26-9-8-18-36-22-26)14-16-34(27,5)32(29)15-17-35(30,31)6/h8-10,18,22-25,28-32H,7,11-17,19-21H2,1-6H3/t24-,25+,28+,29-,30-,31+,32-,34-,35+/m0/s1. The van der Waals surface area contributed by atoms with Gasteiger partial charge in [0.25, 0.3) is 0 Å². The third-order valence-electron chi connectivity index (χ3n) is 12.1. The van der Waals surface area contributed by atoms with Gasteiger partial charge in [-0.05, 0) is 122 Å². The zero-order chi connectivity index (χ0) is 27.1. The fraction of sp³-hybridized carbons (Fsp3) is 0.771. The molecule has 0 amide bonds. The van der Waals surface area contributed by atoms with E-state index < -0.39 is 0 Å². The summed E-state index contributed by atoms with van der Waals surface area (Å²) in [7, 11) is 0. The number of rotatable bonds is 8. The van der Waals surface area contributed by atoms with E-state index in [9.17, 15) is 4.79 Å². The number of hydrogen-bond acceptors (Lipinski definition) is 3. The number of ether oxygens (including phenoxy) is 1. The van der Waals surface area contributed by atoms with E-state index in [2.05, 4.69) is 52.6 Å². The minimum Gasteiger partial charge on any atom is -0.458 e. The highest BCUT2D eigenvalue weighted by molar-refractivity contribution is 5.89. The van der Waals surface area contributed by atoms with Crippen molar-refractivity contribution in [2.75, 3.05) is 0 Å². The molecular formula is C35H53NO2. The average molecular weight is 520 g/mol. The first-order valence-electron chi connectivity index (χ1n) is 16.0. The van der Waals surface area contributed by atoms with E-state index in [4.69, 9.17) is 4.74 Å². The van der Waals surface area contributed by atoms with Gasteiger partial charge in [-0.1, -0.05) is 59.6 Å². The van der Waals surface area contributed by atoms with Crippen LogP contribution in [0.3, 0.4) is 0 Å². The molecule has 0 unspecified atom stereocenters. The second-order valence-electron chi connectivity index (χ2n) is 14.6. The van der Waals surface area contributed by atoms with Crippen molar-refractivity contribution in [3.05, 3.63) is 41.7 Å². The normalized spacial score (nSPS) is 38.0. The fourth-order valence-electron chi connectivity index (χ4n) is 10.2. The van der Waals surface area contributed by atoms with Gasteiger partial charge in [-0.15, -0.1) is 0 Å². The van der Waals surface area contributed by atoms with Crippen molar-refractivity contribution in [1.29, 1.82) is 0 Å². The molecule has 3 fully saturated rings. The fourth-order valence-corrected chi connectivity index (χ4v) is 10.2. The Morgan fingerprint density at radius 2 is 1.89 bits per heavy atom. The lowest BCUT2D eigenvalue weighted by Crippen LogP contribution is -2.51. The predicted molar refractivity (Wildman–Crippen MR) is 156 cm³/mol. The van der Waals surface area contributed by atoms with Gasteiger partial charge in [-0.25, -0.2) is 4.79 Å². The first-order chi connectivity index (χ1) is 18.2. The van der Waals surface area contributed by atoms with Gasteiger partial charge < -0.3 is 4.74 Å². The van der Waals surface area contributed by atoms with Gasteiger partial charge >= 0.3 is 5.97 Å². The summed E-state index contributed by atoms with van der Waals surface area (Å²) in [4.78, 5) is 16.8. The summed E-state index contributed by atoms with van der Waals surface area (Å²) >= 11 is 0. The van der Waals surface area contributed by atoms with Gasteiger partial charge in [-0.3, -0.25) is 4.98 Å². The Bertz CT molecular complexity index is 1000. The van der Waals surface area contributed by atoms with Gasteiger partial charge in [0.2, 0.25) is 0 Å². The molecule has 3 heteroatoms. The molecule has 4 aliphatic rings. The summed E-state index contributed by atoms with van der Waals surface area (Å²) in [5, 5.41) is 0. The van der Waals surface area contributed by atoms with Gasteiger partial charge in [0.1, 0.15) is 6.10 Å². The summed E-state index contributed by atoms with van der Waals surface area (Å²) < 4.78 is 5.98. The van der Waals surface area contributed by atoms with Crippen LogP contribution in [0.25, 0.3) is 0 Å². The molecule has 0 saturated heterocycles. The molecule has 38 heavy (non-hydrogen) atoms. The number of carbonyl (C=O) groups excluding carboxylic acids is 1. The summed E-state index contributed by atoms with van der Waals surface area (Å²) in [6.07, 6.45) is 20.1. The molecule has 4 aliphatic carbocycles. The number of nitrogens with zero attached hydrogens (tertiary/aromatic N) is 1. The Morgan fingerprint density at radius 1 is 1.08 bits per heavy atom. The number of esters is 1. The second kappa shape index (κ2) is 11.1. The van der Waals surface area contributed by atoms with Crippen LogP contribution in [-0.4, -0.2) is 17.1 Å². The van der Waals surface area contributed by atoms with E-state index >= 15 is 0 Å². The molecule has 5 rings (SSSR count). The van der Waals surface area contributed by atoms with Gasteiger partial charge in [0.05, 0.1) is 5.56 Å². The second-order valence-corrected chi connectivity index (χ2v) is 14.6. The number of aromatic nitrogens is 1. The smallest absolute Gasteiger partial charge is 0.339 e. The molecule has 0 bridgehead atoms. The molecule has 1 aromatic heterocycles. The minimum atomic E-state index is -0.223. The topological polar surface area (TPSA) is 39.2 Å². The quantitative estimate of drug-likeness (QED) is 0.254. The number of pyridine rings is 1. The van der Waals surface area contributed by atoms with Crippen LogP contribution in [0.4, 0.5) is 0 Å². The van der Waals surface area contributed by atoms with Crippen molar-refractivity contribution in [3.63, 3.8) is 0 Å². The van der Waals surface area contributed by atoms with E-state index in [0.29, 0.717) is 11.0 Å². The lowest BCUT2D eigenvalue weighted by atomic mass is 9.47. The minimum absolute atomic E-state index is 0.00139. The number of fused-ring (bicyclic) bond motifs is 5. The highest BCUT2D eigenvalue weighted by Crippen LogP contribution is 2.67. The Kier molecular flexibility index (Phi) is 8.14. The monoisotopic (exact) mass is 519 g/mol. The van der Waals surface area contributed by atoms with Crippen LogP contribution in [0.2, 0.25) is 0 Å². The predicted octanol–water partition coefficient (Wildman–Crippen LogP) is 9.28. The summed E-state index contributed by atoms with van der Waals surface area (Å²) in [5.41, 5.74) is 2.95. The van der Waals surface area contributed by atoms with E-state index in [0.717, 1.165) is 60.7 Å². The molecule has 0 radical (unpaired) electrons. The Morgan fingerprint density at radius 3 is 2.61 bits per heavy atom. The van der Waals surface area contributed by atoms with Crippen molar-refractivity contribution >= 4 is 5.97 Å². The molecule has 3 nitrogen and oxygen atoms in total. The van der Waals surface area contributed by atoms with Crippen molar-refractivity contribution in [2.24, 2.45) is 52.3 Å². The Hall–Kier alpha value is -1.64. The third-order valence-corrected chi connectivity index (χ3v) is 12.1. The first-order valence-corrected chi connectivity index (χ1v) is 16.0. The van der Waals surface area contributed by atoms with E-state index in [-0.39, 0.29) is 17.5 Å². The molecule has 9 atom stereocenters. The van der Waals surface area contributed by atoms with E-state index in [1.165, 1.54) is 51.4 Å². The largest absolute Gasteiger partial charge is 0.458 e. The van der Waals surface area contributed by atoms with Crippen LogP contribution < -0.4 is 0 Å². The SMILES string of the molecule is CC[C@H](CC(C)C)C[C@H](C)[C@@H]1CC[C@@H]2[C@@H]3CC=C4C[C@H](OC(=O)c5cccnc5)CC[C@]4(C)[C@H]3CC[C@@]21C. The van der Waals surface area contributed by atoms with Crippen molar-refractivity contribution < 1.29 is 9.53 Å². The highest BCUT2D eigenvalue weighted by atomic mass is 16.5. The van der Waals surface area contributed by atoms with Crippen LogP contribution in [0.5, 0.6) is 0 Å². The van der Waals surface area contributed by atoms with Gasteiger partial charge in [0, 0.05) is 18.8 Å². The molecule has 0 aromatic carbocycles. The van der Waals surface area contributed by atoms with Gasteiger partial charge in [0.15, 0.2) is 0 Å². The van der Waals surface area contributed by atoms with Crippen molar-refractivity contribution in [2.45, 2.75) is 118 Å². The lowest BCUT2D eigenvalue weighted by molar-refractivity contribution is -0.0602. The maximum atomic E-state index is 12.7. The molecule has 0 N–H and O–H groups in total. The van der Waals surface area contributed by atoms with Gasteiger partial charge in [-0.2, -0.15) is 0 Å². The van der Waals surface area contributed by atoms with Crippen LogP contribution in [0.15, 0.2) is 36.2 Å². The van der Waals surface area contributed by atoms with E-state index in [1.54, 1.807) is 30.1 Å². The molecule has 1 heterocycles. The summed E-state index contributed by atoms with van der Waals surface area (Å²) in [5.74, 6) is 5.75. The molecule has 210 valence electrons. The zero-order valence-electron chi connectivity index (χ0n) is 25.0. The number of carbonyl (C=O) groups is 1. The molecule has 0 aliphatic heterocycles. The van der Waals surface area contributed by atoms with Crippen LogP contribution in [0.1, 0.15) is 123 Å². The van der Waals surface area contributed by atoms with Crippen molar-refractivity contribution in [1.82, 2.24) is 4.98 Å². The summed E-state index contributed by atoms with van der Waals surface area (Å²) in [6, 6.07) is 3.60. The molecule has 1 aromatic rings. The van der Waals surface area contributed by atoms with E-state index in [1.807, 2.05) is 0 Å². The van der Waals surface area contributed by atoms with Crippen LogP contribution in [-0.2, 0) is 4.74 Å². The number of allylic oxidation sites excluding steroid dienone is 1. The van der Waals surface area contributed by atoms with Crippen LogP contribution >= 0.6 is 0 Å². The maximum absolute atomic E-state index is 12.7. The summed E-state index contributed by atoms with van der Waals surface area (Å²) in [6.45, 7) is 15.1. The van der Waals surface area contributed by atoms with Crippen LogP contribution in [0, 0.1) is 52.3 Å². The maximum Gasteiger partial charge on any atom is 0.339 e. The molecule has 0 spiro atoms. The lowest BCUT2D eigenvalue weighted by Gasteiger charge is -2.58. The van der Waals surface area contributed by atoms with Crippen molar-refractivity contribution in [3.8, 4) is 0 Å². The Balaban J connectivity index is 1.26.